The summed E-state index contributed by atoms with van der Waals surface area (Å²) in [5.74, 6) is -3.01. The Labute approximate surface area is 209 Å². The summed E-state index contributed by atoms with van der Waals surface area (Å²) in [5.41, 5.74) is 2.27. The number of pyridine rings is 1. The quantitative estimate of drug-likeness (QED) is 0.427. The van der Waals surface area contributed by atoms with Crippen LogP contribution in [0.1, 0.15) is 17.0 Å². The molecule has 0 radical (unpaired) electrons. The standard InChI is InChI=1S/C25H32N4O7/c30-23(31)14-27-9-10-28(15-24(32)33)13-22(18-36-17-19-5-2-1-3-6-19)29(16-25(34)35)12-21-8-4-7-20(11-27)26-21/h1-8,22H,9-18H2,(H,30,31)(H,32,33)(H,34,35). The second kappa shape index (κ2) is 13.6. The summed E-state index contributed by atoms with van der Waals surface area (Å²) < 4.78 is 5.96. The predicted octanol–water partition coefficient (Wildman–Crippen LogP) is 0.840. The molecule has 0 saturated carbocycles. The fraction of sp³-hybridized carbons (Fsp3) is 0.440. The molecule has 36 heavy (non-hydrogen) atoms. The van der Waals surface area contributed by atoms with E-state index in [1.807, 2.05) is 36.4 Å². The fourth-order valence-corrected chi connectivity index (χ4v) is 4.20. The molecule has 0 fully saturated rings. The van der Waals surface area contributed by atoms with Gasteiger partial charge in [-0.2, -0.15) is 0 Å². The molecule has 11 heteroatoms. The van der Waals surface area contributed by atoms with E-state index in [1.54, 1.807) is 26.8 Å². The highest BCUT2D eigenvalue weighted by Crippen LogP contribution is 2.14. The van der Waals surface area contributed by atoms with Gasteiger partial charge in [-0.05, 0) is 17.7 Å². The van der Waals surface area contributed by atoms with Crippen molar-refractivity contribution < 1.29 is 34.4 Å². The molecule has 194 valence electrons. The van der Waals surface area contributed by atoms with E-state index in [0.29, 0.717) is 24.5 Å². The van der Waals surface area contributed by atoms with Gasteiger partial charge in [0.05, 0.1) is 44.2 Å². The van der Waals surface area contributed by atoms with Crippen LogP contribution in [0, 0.1) is 0 Å². The summed E-state index contributed by atoms with van der Waals surface area (Å²) >= 11 is 0. The molecule has 1 aliphatic rings. The Kier molecular flexibility index (Phi) is 10.3. The normalized spacial score (nSPS) is 18.2. The van der Waals surface area contributed by atoms with Gasteiger partial charge in [-0.25, -0.2) is 0 Å². The number of hydrogen-bond donors (Lipinski definition) is 3. The van der Waals surface area contributed by atoms with Gasteiger partial charge in [-0.15, -0.1) is 0 Å². The summed E-state index contributed by atoms with van der Waals surface area (Å²) in [7, 11) is 0. The molecule has 1 aliphatic heterocycles. The molecule has 0 aliphatic carbocycles. The number of aromatic nitrogens is 1. The van der Waals surface area contributed by atoms with E-state index >= 15 is 0 Å². The average molecular weight is 501 g/mol. The van der Waals surface area contributed by atoms with Crippen LogP contribution in [0.4, 0.5) is 0 Å². The number of fused-ring (bicyclic) bond motifs is 2. The molecule has 0 amide bonds. The van der Waals surface area contributed by atoms with E-state index in [1.165, 1.54) is 0 Å². The van der Waals surface area contributed by atoms with Crippen molar-refractivity contribution in [1.29, 1.82) is 0 Å². The Morgan fingerprint density at radius 1 is 0.806 bits per heavy atom. The lowest BCUT2D eigenvalue weighted by atomic mass is 10.2. The van der Waals surface area contributed by atoms with Crippen molar-refractivity contribution in [2.24, 2.45) is 0 Å². The zero-order chi connectivity index (χ0) is 25.9. The predicted molar refractivity (Wildman–Crippen MR) is 129 cm³/mol. The highest BCUT2D eigenvalue weighted by Gasteiger charge is 2.27. The van der Waals surface area contributed by atoms with Gasteiger partial charge in [0.15, 0.2) is 0 Å². The number of benzene rings is 1. The maximum atomic E-state index is 11.7. The second-order valence-corrected chi connectivity index (χ2v) is 8.81. The lowest BCUT2D eigenvalue weighted by molar-refractivity contribution is -0.141. The van der Waals surface area contributed by atoms with Crippen LogP contribution < -0.4 is 0 Å². The van der Waals surface area contributed by atoms with Gasteiger partial charge >= 0.3 is 17.9 Å². The van der Waals surface area contributed by atoms with Crippen molar-refractivity contribution in [2.45, 2.75) is 25.7 Å². The average Bonchev–Trinajstić information content (AvgIpc) is 2.80. The minimum atomic E-state index is -1.02. The third-order valence-electron chi connectivity index (χ3n) is 5.81. The van der Waals surface area contributed by atoms with Gasteiger partial charge in [-0.3, -0.25) is 34.1 Å². The van der Waals surface area contributed by atoms with Crippen LogP contribution in [0.2, 0.25) is 0 Å². The SMILES string of the molecule is O=C(O)CN1CCN(CC(=O)O)CC(COCc2ccccc2)N(CC(=O)O)Cc2cccc(n2)C1. The molecule has 0 spiro atoms. The number of carboxylic acid groups (broad SMARTS) is 3. The van der Waals surface area contributed by atoms with Gasteiger partial charge in [0, 0.05) is 38.8 Å². The summed E-state index contributed by atoms with van der Waals surface area (Å²) in [5, 5.41) is 28.4. The largest absolute Gasteiger partial charge is 0.480 e. The van der Waals surface area contributed by atoms with Crippen LogP contribution in [0.5, 0.6) is 0 Å². The van der Waals surface area contributed by atoms with E-state index in [0.717, 1.165) is 5.56 Å². The minimum absolute atomic E-state index is 0.177. The first-order valence-electron chi connectivity index (χ1n) is 11.7. The minimum Gasteiger partial charge on any atom is -0.480 e. The fourth-order valence-electron chi connectivity index (χ4n) is 4.20. The summed E-state index contributed by atoms with van der Waals surface area (Å²) in [6.45, 7) is 1.10. The molecular weight excluding hydrogens is 468 g/mol. The molecule has 2 aromatic rings. The maximum absolute atomic E-state index is 11.7. The van der Waals surface area contributed by atoms with Crippen LogP contribution in [-0.2, 0) is 38.8 Å². The first-order chi connectivity index (χ1) is 17.3. The summed E-state index contributed by atoms with van der Waals surface area (Å²) in [6, 6.07) is 14.5. The van der Waals surface area contributed by atoms with E-state index in [9.17, 15) is 29.7 Å². The lowest BCUT2D eigenvalue weighted by Gasteiger charge is -2.35. The Hall–Kier alpha value is -3.38. The monoisotopic (exact) mass is 500 g/mol. The third-order valence-corrected chi connectivity index (χ3v) is 5.81. The Balaban J connectivity index is 1.88. The molecule has 1 aromatic heterocycles. The zero-order valence-corrected chi connectivity index (χ0v) is 20.0. The van der Waals surface area contributed by atoms with Gasteiger partial charge in [0.25, 0.3) is 0 Å². The molecule has 11 nitrogen and oxygen atoms in total. The Morgan fingerprint density at radius 2 is 1.42 bits per heavy atom. The van der Waals surface area contributed by atoms with Crippen molar-refractivity contribution in [3.63, 3.8) is 0 Å². The smallest absolute Gasteiger partial charge is 0.317 e. The number of ether oxygens (including phenoxy) is 1. The molecule has 1 aromatic carbocycles. The maximum Gasteiger partial charge on any atom is 0.317 e. The third kappa shape index (κ3) is 9.34. The number of hydrogen-bond acceptors (Lipinski definition) is 8. The summed E-state index contributed by atoms with van der Waals surface area (Å²) in [6.07, 6.45) is 0. The van der Waals surface area contributed by atoms with Gasteiger partial charge in [-0.1, -0.05) is 36.4 Å². The van der Waals surface area contributed by atoms with Crippen molar-refractivity contribution in [3.8, 4) is 0 Å². The van der Waals surface area contributed by atoms with Crippen molar-refractivity contribution in [1.82, 2.24) is 19.7 Å². The van der Waals surface area contributed by atoms with E-state index in [-0.39, 0.29) is 52.4 Å². The zero-order valence-electron chi connectivity index (χ0n) is 20.0. The van der Waals surface area contributed by atoms with Crippen molar-refractivity contribution in [2.75, 3.05) is 45.9 Å². The number of nitrogens with zero attached hydrogens (tertiary/aromatic N) is 4. The molecule has 2 heterocycles. The molecule has 1 unspecified atom stereocenters. The van der Waals surface area contributed by atoms with Crippen LogP contribution in [-0.4, -0.2) is 105 Å². The molecule has 0 saturated heterocycles. The Bertz CT molecular complexity index is 1020. The van der Waals surface area contributed by atoms with Crippen LogP contribution in [0.25, 0.3) is 0 Å². The van der Waals surface area contributed by atoms with Crippen LogP contribution in [0.15, 0.2) is 48.5 Å². The lowest BCUT2D eigenvalue weighted by Crippen LogP contribution is -2.51. The number of carboxylic acids is 3. The number of rotatable bonds is 10. The van der Waals surface area contributed by atoms with E-state index in [2.05, 4.69) is 4.98 Å². The van der Waals surface area contributed by atoms with Crippen LogP contribution in [0.3, 0.4) is 0 Å². The van der Waals surface area contributed by atoms with E-state index in [4.69, 9.17) is 4.74 Å². The van der Waals surface area contributed by atoms with Gasteiger partial charge < -0.3 is 20.1 Å². The van der Waals surface area contributed by atoms with Gasteiger partial charge in [0.2, 0.25) is 0 Å². The molecule has 2 bridgehead atoms. The number of aliphatic carboxylic acids is 3. The highest BCUT2D eigenvalue weighted by molar-refractivity contribution is 5.70. The van der Waals surface area contributed by atoms with Crippen molar-refractivity contribution in [3.05, 3.63) is 65.5 Å². The van der Waals surface area contributed by atoms with Crippen molar-refractivity contribution >= 4 is 17.9 Å². The number of carbonyl (C=O) groups is 3. The van der Waals surface area contributed by atoms with Crippen LogP contribution >= 0.6 is 0 Å². The highest BCUT2D eigenvalue weighted by atomic mass is 16.5. The second-order valence-electron chi connectivity index (χ2n) is 8.81. The molecule has 3 rings (SSSR count). The first kappa shape index (κ1) is 27.2. The van der Waals surface area contributed by atoms with E-state index < -0.39 is 23.9 Å². The first-order valence-corrected chi connectivity index (χ1v) is 11.7. The van der Waals surface area contributed by atoms with Gasteiger partial charge in [0.1, 0.15) is 0 Å². The molecule has 1 atom stereocenters. The molecule has 3 N–H and O–H groups in total. The summed E-state index contributed by atoms with van der Waals surface area (Å²) in [4.78, 5) is 44.5. The molecular formula is C25H32N4O7. The topological polar surface area (TPSA) is 144 Å². The Morgan fingerprint density at radius 3 is 2.08 bits per heavy atom.